The second kappa shape index (κ2) is 4.16. The second-order valence-electron chi connectivity index (χ2n) is 4.12. The summed E-state index contributed by atoms with van der Waals surface area (Å²) in [5.41, 5.74) is 0.392. The second-order valence-corrected chi connectivity index (χ2v) is 4.48. The van der Waals surface area contributed by atoms with E-state index in [9.17, 15) is 4.79 Å². The summed E-state index contributed by atoms with van der Waals surface area (Å²) in [6, 6.07) is 0. The Kier molecular flexibility index (Phi) is 2.59. The molecule has 0 atom stereocenters. The molecule has 0 spiro atoms. The summed E-state index contributed by atoms with van der Waals surface area (Å²) >= 11 is 6.07. The van der Waals surface area contributed by atoms with Gasteiger partial charge in [-0.2, -0.15) is 10.2 Å². The smallest absolute Gasteiger partial charge is 0.285 e. The summed E-state index contributed by atoms with van der Waals surface area (Å²) in [5.74, 6) is 0.418. The van der Waals surface area contributed by atoms with Gasteiger partial charge in [-0.05, 0) is 0 Å². The number of fused-ring (bicyclic) bond motifs is 1. The maximum absolute atomic E-state index is 11.7. The van der Waals surface area contributed by atoms with Crippen molar-refractivity contribution in [2.45, 2.75) is 6.54 Å². The fourth-order valence-corrected chi connectivity index (χ4v) is 1.99. The molecule has 0 N–H and O–H groups in total. The minimum Gasteiger partial charge on any atom is -0.285 e. The molecule has 0 aromatic carbocycles. The van der Waals surface area contributed by atoms with E-state index in [1.807, 2.05) is 0 Å². The van der Waals surface area contributed by atoms with Crippen LogP contribution in [0.5, 0.6) is 0 Å². The highest BCUT2D eigenvalue weighted by Crippen LogP contribution is 2.19. The van der Waals surface area contributed by atoms with Crippen molar-refractivity contribution < 1.29 is 0 Å². The number of halogens is 1. The highest BCUT2D eigenvalue weighted by molar-refractivity contribution is 6.33. The van der Waals surface area contributed by atoms with Gasteiger partial charge in [0, 0.05) is 14.1 Å². The molecule has 0 aliphatic rings. The topological polar surface area (TPSA) is 83.4 Å². The highest BCUT2D eigenvalue weighted by atomic mass is 35.5. The number of hydrogen-bond acceptors (Lipinski definition) is 5. The SMILES string of the molecule is Cn1cnn(Cc2nc(Cl)c3cnn(C)c3n2)c1=O. The zero-order chi connectivity index (χ0) is 13.6. The van der Waals surface area contributed by atoms with Gasteiger partial charge < -0.3 is 0 Å². The van der Waals surface area contributed by atoms with Gasteiger partial charge in [0.25, 0.3) is 0 Å². The third-order valence-corrected chi connectivity index (χ3v) is 3.06. The van der Waals surface area contributed by atoms with Crippen LogP contribution < -0.4 is 5.69 Å². The fraction of sp³-hybridized carbons (Fsp3) is 0.300. The maximum atomic E-state index is 11.7. The molecule has 0 aliphatic heterocycles. The van der Waals surface area contributed by atoms with Gasteiger partial charge in [-0.3, -0.25) is 9.25 Å². The van der Waals surface area contributed by atoms with Crippen LogP contribution >= 0.6 is 11.6 Å². The third-order valence-electron chi connectivity index (χ3n) is 2.77. The van der Waals surface area contributed by atoms with E-state index in [2.05, 4.69) is 20.2 Å². The number of nitrogens with zero attached hydrogens (tertiary/aromatic N) is 7. The standard InChI is InChI=1S/C10H10ClN7O/c1-16-5-13-18(10(16)19)4-7-14-8(11)6-3-12-17(2)9(6)15-7/h3,5H,4H2,1-2H3. The van der Waals surface area contributed by atoms with Crippen molar-refractivity contribution in [3.05, 3.63) is 34.0 Å². The molecular formula is C10H10ClN7O. The zero-order valence-corrected chi connectivity index (χ0v) is 11.0. The molecule has 0 bridgehead atoms. The molecule has 0 saturated heterocycles. The Hall–Kier alpha value is -2.22. The Bertz CT molecular complexity index is 815. The van der Waals surface area contributed by atoms with Crippen LogP contribution in [0.2, 0.25) is 5.15 Å². The maximum Gasteiger partial charge on any atom is 0.345 e. The van der Waals surface area contributed by atoms with E-state index in [0.717, 1.165) is 0 Å². The summed E-state index contributed by atoms with van der Waals surface area (Å²) in [6.07, 6.45) is 3.04. The van der Waals surface area contributed by atoms with Gasteiger partial charge in [-0.1, -0.05) is 11.6 Å². The normalized spacial score (nSPS) is 11.3. The molecule has 9 heteroatoms. The first-order valence-corrected chi connectivity index (χ1v) is 5.86. The van der Waals surface area contributed by atoms with E-state index < -0.39 is 0 Å². The summed E-state index contributed by atoms with van der Waals surface area (Å²) in [6.45, 7) is 0.167. The quantitative estimate of drug-likeness (QED) is 0.615. The van der Waals surface area contributed by atoms with Crippen molar-refractivity contribution in [2.75, 3.05) is 0 Å². The van der Waals surface area contributed by atoms with E-state index in [4.69, 9.17) is 11.6 Å². The molecule has 0 fully saturated rings. The number of rotatable bonds is 2. The van der Waals surface area contributed by atoms with Gasteiger partial charge in [0.15, 0.2) is 11.5 Å². The van der Waals surface area contributed by atoms with Crippen LogP contribution in [0.3, 0.4) is 0 Å². The number of hydrogen-bond donors (Lipinski definition) is 0. The van der Waals surface area contributed by atoms with Crippen LogP contribution in [0, 0.1) is 0 Å². The lowest BCUT2D eigenvalue weighted by atomic mass is 10.4. The van der Waals surface area contributed by atoms with Gasteiger partial charge >= 0.3 is 5.69 Å². The van der Waals surface area contributed by atoms with E-state index in [1.54, 1.807) is 25.0 Å². The van der Waals surface area contributed by atoms with Gasteiger partial charge in [-0.15, -0.1) is 0 Å². The molecule has 8 nitrogen and oxygen atoms in total. The van der Waals surface area contributed by atoms with Gasteiger partial charge in [0.2, 0.25) is 0 Å². The monoisotopic (exact) mass is 279 g/mol. The predicted octanol–water partition coefficient (Wildman–Crippen LogP) is -0.0398. The molecule has 3 rings (SSSR count). The zero-order valence-electron chi connectivity index (χ0n) is 10.3. The Labute approximate surface area is 112 Å². The third kappa shape index (κ3) is 1.89. The number of aryl methyl sites for hydroxylation is 2. The Morgan fingerprint density at radius 3 is 2.74 bits per heavy atom. The highest BCUT2D eigenvalue weighted by Gasteiger charge is 2.11. The summed E-state index contributed by atoms with van der Waals surface area (Å²) in [7, 11) is 3.40. The van der Waals surface area contributed by atoms with Crippen molar-refractivity contribution in [2.24, 2.45) is 14.1 Å². The summed E-state index contributed by atoms with van der Waals surface area (Å²) < 4.78 is 4.26. The van der Waals surface area contributed by atoms with Gasteiger partial charge in [0.05, 0.1) is 11.6 Å². The Morgan fingerprint density at radius 1 is 1.26 bits per heavy atom. The first kappa shape index (κ1) is 11.8. The first-order valence-electron chi connectivity index (χ1n) is 5.49. The minimum atomic E-state index is -0.232. The predicted molar refractivity (Wildman–Crippen MR) is 67.9 cm³/mol. The molecular weight excluding hydrogens is 270 g/mol. The molecule has 3 aromatic rings. The molecule has 3 aromatic heterocycles. The molecule has 0 amide bonds. The average molecular weight is 280 g/mol. The lowest BCUT2D eigenvalue weighted by molar-refractivity contribution is 0.621. The molecule has 3 heterocycles. The average Bonchev–Trinajstić information content (AvgIpc) is 2.89. The summed E-state index contributed by atoms with van der Waals surface area (Å²) in [4.78, 5) is 20.2. The minimum absolute atomic E-state index is 0.167. The lowest BCUT2D eigenvalue weighted by Crippen LogP contribution is -2.24. The van der Waals surface area contributed by atoms with Crippen molar-refractivity contribution in [1.29, 1.82) is 0 Å². The molecule has 0 unspecified atom stereocenters. The summed E-state index contributed by atoms with van der Waals surface area (Å²) in [5, 5.41) is 9.02. The molecule has 0 saturated carbocycles. The largest absolute Gasteiger partial charge is 0.345 e. The van der Waals surface area contributed by atoms with Crippen LogP contribution in [-0.4, -0.2) is 34.1 Å². The first-order chi connectivity index (χ1) is 9.06. The van der Waals surface area contributed by atoms with Crippen molar-refractivity contribution >= 4 is 22.6 Å². The van der Waals surface area contributed by atoms with Crippen molar-refractivity contribution in [3.63, 3.8) is 0 Å². The van der Waals surface area contributed by atoms with Crippen molar-refractivity contribution in [3.8, 4) is 0 Å². The Morgan fingerprint density at radius 2 is 2.05 bits per heavy atom. The van der Waals surface area contributed by atoms with Crippen LogP contribution in [-0.2, 0) is 20.6 Å². The van der Waals surface area contributed by atoms with Gasteiger partial charge in [0.1, 0.15) is 18.0 Å². The van der Waals surface area contributed by atoms with Crippen LogP contribution in [0.15, 0.2) is 17.3 Å². The van der Waals surface area contributed by atoms with Crippen LogP contribution in [0.4, 0.5) is 0 Å². The van der Waals surface area contributed by atoms with E-state index in [-0.39, 0.29) is 12.2 Å². The fourth-order valence-electron chi connectivity index (χ4n) is 1.76. The number of aromatic nitrogens is 7. The Balaban J connectivity index is 2.08. The van der Waals surface area contributed by atoms with Crippen LogP contribution in [0.25, 0.3) is 11.0 Å². The molecule has 98 valence electrons. The molecule has 19 heavy (non-hydrogen) atoms. The van der Waals surface area contributed by atoms with E-state index in [1.165, 1.54) is 15.6 Å². The van der Waals surface area contributed by atoms with Gasteiger partial charge in [-0.25, -0.2) is 19.4 Å². The van der Waals surface area contributed by atoms with E-state index >= 15 is 0 Å². The van der Waals surface area contributed by atoms with Crippen molar-refractivity contribution in [1.82, 2.24) is 34.1 Å². The molecule has 0 radical (unpaired) electrons. The lowest BCUT2D eigenvalue weighted by Gasteiger charge is -2.01. The van der Waals surface area contributed by atoms with Crippen LogP contribution in [0.1, 0.15) is 5.82 Å². The van der Waals surface area contributed by atoms with E-state index in [0.29, 0.717) is 22.0 Å². The molecule has 0 aliphatic carbocycles.